The number of rotatable bonds is 3. The van der Waals surface area contributed by atoms with Crippen molar-refractivity contribution in [2.75, 3.05) is 4.72 Å². The summed E-state index contributed by atoms with van der Waals surface area (Å²) in [6.45, 7) is 1.84. The molecule has 0 radical (unpaired) electrons. The first-order valence-corrected chi connectivity index (χ1v) is 9.09. The summed E-state index contributed by atoms with van der Waals surface area (Å²) < 4.78 is 40.7. The number of halogens is 4. The van der Waals surface area contributed by atoms with Gasteiger partial charge >= 0.3 is 0 Å². The smallest absolute Gasteiger partial charge is 0.264 e. The summed E-state index contributed by atoms with van der Waals surface area (Å²) in [6, 6.07) is 7.11. The van der Waals surface area contributed by atoms with Gasteiger partial charge in [-0.25, -0.2) is 12.8 Å². The topological polar surface area (TPSA) is 46.2 Å². The van der Waals surface area contributed by atoms with Crippen LogP contribution in [0.3, 0.4) is 0 Å². The number of anilines is 1. The molecule has 2 aromatic carbocycles. The van der Waals surface area contributed by atoms with Crippen LogP contribution in [0.5, 0.6) is 0 Å². The van der Waals surface area contributed by atoms with E-state index in [1.54, 1.807) is 18.2 Å². The lowest BCUT2D eigenvalue weighted by Crippen LogP contribution is -2.14. The average molecular weight is 458 g/mol. The summed E-state index contributed by atoms with van der Waals surface area (Å²) >= 11 is 12.1. The predicted octanol–water partition coefficient (Wildman–Crippen LogP) is 5.11. The maximum Gasteiger partial charge on any atom is 0.264 e. The molecule has 0 saturated heterocycles. The van der Waals surface area contributed by atoms with Crippen LogP contribution in [0.1, 0.15) is 5.56 Å². The minimum Gasteiger partial charge on any atom is -0.278 e. The molecule has 21 heavy (non-hydrogen) atoms. The number of hydrogen-bond donors (Lipinski definition) is 1. The van der Waals surface area contributed by atoms with Crippen LogP contribution in [0.4, 0.5) is 10.1 Å². The van der Waals surface area contributed by atoms with Crippen LogP contribution in [-0.2, 0) is 10.0 Å². The number of aryl methyl sites for hydroxylation is 1. The zero-order valence-electron chi connectivity index (χ0n) is 10.6. The van der Waals surface area contributed by atoms with Crippen LogP contribution in [0.15, 0.2) is 44.2 Å². The van der Waals surface area contributed by atoms with Gasteiger partial charge in [-0.05, 0) is 68.6 Å². The summed E-state index contributed by atoms with van der Waals surface area (Å²) in [5, 5.41) is 0.285. The second kappa shape index (κ2) is 6.24. The third-order valence-electron chi connectivity index (χ3n) is 2.60. The highest BCUT2D eigenvalue weighted by Gasteiger charge is 2.23. The van der Waals surface area contributed by atoms with Crippen molar-refractivity contribution in [2.24, 2.45) is 0 Å². The molecule has 0 saturated carbocycles. The number of nitrogens with one attached hydrogen (secondary N) is 1. The zero-order valence-corrected chi connectivity index (χ0v) is 15.4. The summed E-state index contributed by atoms with van der Waals surface area (Å²) in [7, 11) is -3.92. The Labute approximate surface area is 143 Å². The molecule has 2 rings (SSSR count). The molecule has 8 heteroatoms. The van der Waals surface area contributed by atoms with Crippen molar-refractivity contribution in [3.63, 3.8) is 0 Å². The van der Waals surface area contributed by atoms with Crippen molar-refractivity contribution in [2.45, 2.75) is 11.8 Å². The van der Waals surface area contributed by atoms with Gasteiger partial charge in [-0.15, -0.1) is 0 Å². The van der Waals surface area contributed by atoms with E-state index < -0.39 is 15.8 Å². The highest BCUT2D eigenvalue weighted by atomic mass is 79.9. The Hall–Kier alpha value is -0.630. The Morgan fingerprint density at radius 1 is 1.14 bits per heavy atom. The standard InChI is InChI=1S/C13H9Br2ClFNO2S/c1-7-2-3-12(11(16)4-7)18-21(19,20)13-9(14)5-8(17)6-10(13)15/h2-6,18H,1H3. The minimum absolute atomic E-state index is 0.0967. The van der Waals surface area contributed by atoms with E-state index in [1.165, 1.54) is 0 Å². The molecule has 0 aliphatic rings. The fourth-order valence-corrected chi connectivity index (χ4v) is 5.63. The van der Waals surface area contributed by atoms with Gasteiger partial charge in [-0.1, -0.05) is 17.7 Å². The molecule has 0 atom stereocenters. The van der Waals surface area contributed by atoms with E-state index in [2.05, 4.69) is 36.6 Å². The van der Waals surface area contributed by atoms with Crippen LogP contribution in [-0.4, -0.2) is 8.42 Å². The second-order valence-corrected chi connectivity index (χ2v) is 8.02. The lowest BCUT2D eigenvalue weighted by atomic mass is 10.2. The van der Waals surface area contributed by atoms with E-state index in [4.69, 9.17) is 11.6 Å². The Morgan fingerprint density at radius 3 is 2.24 bits per heavy atom. The first-order chi connectivity index (χ1) is 9.70. The quantitative estimate of drug-likeness (QED) is 0.696. The first kappa shape index (κ1) is 16.7. The molecular weight excluding hydrogens is 448 g/mol. The maximum atomic E-state index is 13.2. The molecule has 0 aliphatic heterocycles. The van der Waals surface area contributed by atoms with Gasteiger partial charge in [0.1, 0.15) is 10.7 Å². The van der Waals surface area contributed by atoms with Crippen LogP contribution >= 0.6 is 43.5 Å². The van der Waals surface area contributed by atoms with Crippen LogP contribution in [0, 0.1) is 12.7 Å². The number of hydrogen-bond acceptors (Lipinski definition) is 2. The Balaban J connectivity index is 2.48. The van der Waals surface area contributed by atoms with Crippen molar-refractivity contribution in [3.05, 3.63) is 55.7 Å². The average Bonchev–Trinajstić information content (AvgIpc) is 2.30. The second-order valence-electron chi connectivity index (χ2n) is 4.29. The van der Waals surface area contributed by atoms with Gasteiger partial charge in [0.05, 0.1) is 10.7 Å². The highest BCUT2D eigenvalue weighted by Crippen LogP contribution is 2.33. The first-order valence-electron chi connectivity index (χ1n) is 5.64. The van der Waals surface area contributed by atoms with Gasteiger partial charge in [0.15, 0.2) is 0 Å². The van der Waals surface area contributed by atoms with E-state index in [1.807, 2.05) is 6.92 Å². The van der Waals surface area contributed by atoms with Gasteiger partial charge < -0.3 is 0 Å². The zero-order chi connectivity index (χ0) is 15.8. The predicted molar refractivity (Wildman–Crippen MR) is 88.8 cm³/mol. The Kier molecular flexibility index (Phi) is 4.97. The van der Waals surface area contributed by atoms with Gasteiger partial charge in [0.2, 0.25) is 0 Å². The third-order valence-corrected chi connectivity index (χ3v) is 6.16. The molecule has 0 unspecified atom stereocenters. The molecule has 0 bridgehead atoms. The fourth-order valence-electron chi connectivity index (χ4n) is 1.68. The minimum atomic E-state index is -3.92. The number of sulfonamides is 1. The highest BCUT2D eigenvalue weighted by molar-refractivity contribution is 9.11. The largest absolute Gasteiger partial charge is 0.278 e. The Bertz CT molecular complexity index is 789. The van der Waals surface area contributed by atoms with Crippen molar-refractivity contribution in [1.82, 2.24) is 0 Å². The molecular formula is C13H9Br2ClFNO2S. The molecule has 0 aromatic heterocycles. The summed E-state index contributed by atoms with van der Waals surface area (Å²) in [4.78, 5) is -0.0967. The van der Waals surface area contributed by atoms with E-state index in [9.17, 15) is 12.8 Å². The van der Waals surface area contributed by atoms with E-state index >= 15 is 0 Å². The van der Waals surface area contributed by atoms with E-state index in [0.29, 0.717) is 0 Å². The molecule has 0 heterocycles. The van der Waals surface area contributed by atoms with Crippen molar-refractivity contribution < 1.29 is 12.8 Å². The Morgan fingerprint density at radius 2 is 1.71 bits per heavy atom. The lowest BCUT2D eigenvalue weighted by Gasteiger charge is -2.13. The number of benzene rings is 2. The SMILES string of the molecule is Cc1ccc(NS(=O)(=O)c2c(Br)cc(F)cc2Br)c(Cl)c1. The molecule has 2 aromatic rings. The molecule has 3 nitrogen and oxygen atoms in total. The summed E-state index contributed by atoms with van der Waals surface area (Å²) in [5.41, 5.74) is 1.16. The molecule has 0 aliphatic carbocycles. The lowest BCUT2D eigenvalue weighted by molar-refractivity contribution is 0.598. The van der Waals surface area contributed by atoms with Crippen molar-refractivity contribution in [3.8, 4) is 0 Å². The monoisotopic (exact) mass is 455 g/mol. The normalized spacial score (nSPS) is 11.5. The molecule has 112 valence electrons. The van der Waals surface area contributed by atoms with Gasteiger partial charge in [0.25, 0.3) is 10.0 Å². The summed E-state index contributed by atoms with van der Waals surface area (Å²) in [6.07, 6.45) is 0. The van der Waals surface area contributed by atoms with Crippen LogP contribution in [0.25, 0.3) is 0 Å². The van der Waals surface area contributed by atoms with Gasteiger partial charge in [0, 0.05) is 8.95 Å². The van der Waals surface area contributed by atoms with Crippen molar-refractivity contribution in [1.29, 1.82) is 0 Å². The van der Waals surface area contributed by atoms with Gasteiger partial charge in [-0.2, -0.15) is 0 Å². The molecule has 0 amide bonds. The summed E-state index contributed by atoms with van der Waals surface area (Å²) in [5.74, 6) is -0.555. The maximum absolute atomic E-state index is 13.2. The molecule has 0 fully saturated rings. The molecule has 0 spiro atoms. The van der Waals surface area contributed by atoms with Crippen molar-refractivity contribution >= 4 is 59.2 Å². The van der Waals surface area contributed by atoms with Crippen LogP contribution < -0.4 is 4.72 Å². The van der Waals surface area contributed by atoms with E-state index in [0.717, 1.165) is 17.7 Å². The van der Waals surface area contributed by atoms with Gasteiger partial charge in [-0.3, -0.25) is 4.72 Å². The fraction of sp³-hybridized carbons (Fsp3) is 0.0769. The van der Waals surface area contributed by atoms with Crippen LogP contribution in [0.2, 0.25) is 5.02 Å². The third kappa shape index (κ3) is 3.77. The molecule has 1 N–H and O–H groups in total. The van der Waals surface area contributed by atoms with E-state index in [-0.39, 0.29) is 24.6 Å².